The molecule has 0 aromatic carbocycles. The van der Waals surface area contributed by atoms with Crippen molar-refractivity contribution >= 4 is 0 Å². The van der Waals surface area contributed by atoms with Crippen molar-refractivity contribution in [2.75, 3.05) is 26.3 Å². The standard InChI is InChI=1S/C9H18N2O/c1-7(2)8-3-10-11(4-8)9-5-12-6-9/h7-10H,3-6H2,1-2H3. The quantitative estimate of drug-likeness (QED) is 0.652. The van der Waals surface area contributed by atoms with Crippen LogP contribution in [0.25, 0.3) is 0 Å². The molecule has 0 bridgehead atoms. The van der Waals surface area contributed by atoms with Crippen molar-refractivity contribution in [3.8, 4) is 0 Å². The van der Waals surface area contributed by atoms with Gasteiger partial charge in [0.15, 0.2) is 0 Å². The number of hydrazine groups is 1. The molecule has 2 rings (SSSR count). The van der Waals surface area contributed by atoms with E-state index in [0.717, 1.165) is 31.6 Å². The maximum Gasteiger partial charge on any atom is 0.0711 e. The third kappa shape index (κ3) is 1.49. The van der Waals surface area contributed by atoms with E-state index in [1.54, 1.807) is 0 Å². The van der Waals surface area contributed by atoms with Crippen LogP contribution in [0.5, 0.6) is 0 Å². The lowest BCUT2D eigenvalue weighted by Gasteiger charge is -2.34. The topological polar surface area (TPSA) is 24.5 Å². The smallest absolute Gasteiger partial charge is 0.0711 e. The SMILES string of the molecule is CC(C)C1CNN(C2COC2)C1. The molecule has 2 saturated heterocycles. The summed E-state index contributed by atoms with van der Waals surface area (Å²) in [6, 6.07) is 0.647. The molecular formula is C9H18N2O. The third-order valence-electron chi connectivity index (χ3n) is 2.99. The fraction of sp³-hybridized carbons (Fsp3) is 1.00. The van der Waals surface area contributed by atoms with E-state index < -0.39 is 0 Å². The van der Waals surface area contributed by atoms with E-state index in [-0.39, 0.29) is 0 Å². The molecule has 0 aliphatic carbocycles. The molecule has 3 heteroatoms. The second-order valence-corrected chi connectivity index (χ2v) is 4.21. The largest absolute Gasteiger partial charge is 0.378 e. The number of ether oxygens (including phenoxy) is 1. The number of nitrogens with one attached hydrogen (secondary N) is 1. The van der Waals surface area contributed by atoms with E-state index in [1.165, 1.54) is 6.54 Å². The monoisotopic (exact) mass is 170 g/mol. The van der Waals surface area contributed by atoms with Gasteiger partial charge in [0, 0.05) is 13.1 Å². The van der Waals surface area contributed by atoms with E-state index in [9.17, 15) is 0 Å². The summed E-state index contributed by atoms with van der Waals surface area (Å²) in [4.78, 5) is 0. The van der Waals surface area contributed by atoms with Crippen LogP contribution in [0.3, 0.4) is 0 Å². The summed E-state index contributed by atoms with van der Waals surface area (Å²) in [6.07, 6.45) is 0. The minimum absolute atomic E-state index is 0.647. The lowest BCUT2D eigenvalue weighted by molar-refractivity contribution is -0.0735. The van der Waals surface area contributed by atoms with Gasteiger partial charge in [0.05, 0.1) is 19.3 Å². The van der Waals surface area contributed by atoms with Crippen LogP contribution in [0.4, 0.5) is 0 Å². The Bertz CT molecular complexity index is 157. The Kier molecular flexibility index (Phi) is 2.35. The zero-order valence-electron chi connectivity index (χ0n) is 7.92. The highest BCUT2D eigenvalue weighted by Gasteiger charge is 2.33. The van der Waals surface area contributed by atoms with Crippen LogP contribution < -0.4 is 5.43 Å². The highest BCUT2D eigenvalue weighted by atomic mass is 16.5. The van der Waals surface area contributed by atoms with Crippen LogP contribution in [-0.2, 0) is 4.74 Å². The van der Waals surface area contributed by atoms with Crippen molar-refractivity contribution in [3.63, 3.8) is 0 Å². The minimum Gasteiger partial charge on any atom is -0.378 e. The molecule has 2 fully saturated rings. The molecular weight excluding hydrogens is 152 g/mol. The number of nitrogens with zero attached hydrogens (tertiary/aromatic N) is 1. The van der Waals surface area contributed by atoms with Gasteiger partial charge in [-0.2, -0.15) is 0 Å². The van der Waals surface area contributed by atoms with Crippen LogP contribution in [0.1, 0.15) is 13.8 Å². The third-order valence-corrected chi connectivity index (χ3v) is 2.99. The zero-order valence-corrected chi connectivity index (χ0v) is 7.92. The Morgan fingerprint density at radius 1 is 1.42 bits per heavy atom. The van der Waals surface area contributed by atoms with Crippen LogP contribution in [0, 0.1) is 11.8 Å². The predicted molar refractivity (Wildman–Crippen MR) is 47.6 cm³/mol. The van der Waals surface area contributed by atoms with E-state index in [2.05, 4.69) is 24.3 Å². The van der Waals surface area contributed by atoms with Crippen molar-refractivity contribution in [2.24, 2.45) is 11.8 Å². The van der Waals surface area contributed by atoms with Gasteiger partial charge in [-0.3, -0.25) is 5.43 Å². The van der Waals surface area contributed by atoms with Crippen molar-refractivity contribution < 1.29 is 4.74 Å². The molecule has 1 atom stereocenters. The minimum atomic E-state index is 0.647. The molecule has 1 unspecified atom stereocenters. The first-order valence-corrected chi connectivity index (χ1v) is 4.85. The summed E-state index contributed by atoms with van der Waals surface area (Å²) in [6.45, 7) is 8.77. The fourth-order valence-electron chi connectivity index (χ4n) is 1.74. The summed E-state index contributed by atoms with van der Waals surface area (Å²) >= 11 is 0. The summed E-state index contributed by atoms with van der Waals surface area (Å²) in [5.41, 5.74) is 3.44. The second kappa shape index (κ2) is 3.32. The average molecular weight is 170 g/mol. The van der Waals surface area contributed by atoms with Crippen molar-refractivity contribution in [1.29, 1.82) is 0 Å². The van der Waals surface area contributed by atoms with Crippen LogP contribution in [0.15, 0.2) is 0 Å². The maximum absolute atomic E-state index is 5.16. The average Bonchev–Trinajstić information content (AvgIpc) is 2.32. The van der Waals surface area contributed by atoms with Gasteiger partial charge >= 0.3 is 0 Å². The Morgan fingerprint density at radius 2 is 2.17 bits per heavy atom. The highest BCUT2D eigenvalue weighted by molar-refractivity contribution is 4.83. The van der Waals surface area contributed by atoms with Gasteiger partial charge in [-0.05, 0) is 11.8 Å². The number of rotatable bonds is 2. The first-order valence-electron chi connectivity index (χ1n) is 4.85. The maximum atomic E-state index is 5.16. The van der Waals surface area contributed by atoms with Crippen LogP contribution in [-0.4, -0.2) is 37.4 Å². The molecule has 0 spiro atoms. The molecule has 0 amide bonds. The summed E-state index contributed by atoms with van der Waals surface area (Å²) in [5.74, 6) is 1.62. The molecule has 1 N–H and O–H groups in total. The predicted octanol–water partition coefficient (Wildman–Crippen LogP) is 0.478. The number of hydrogen-bond acceptors (Lipinski definition) is 3. The van der Waals surface area contributed by atoms with Gasteiger partial charge in [-0.15, -0.1) is 0 Å². The van der Waals surface area contributed by atoms with E-state index in [0.29, 0.717) is 6.04 Å². The summed E-state index contributed by atoms with van der Waals surface area (Å²) in [7, 11) is 0. The molecule has 0 radical (unpaired) electrons. The molecule has 2 aliphatic rings. The fourth-order valence-corrected chi connectivity index (χ4v) is 1.74. The molecule has 70 valence electrons. The van der Waals surface area contributed by atoms with Gasteiger partial charge in [-0.25, -0.2) is 5.01 Å². The first kappa shape index (κ1) is 8.48. The zero-order chi connectivity index (χ0) is 8.55. The molecule has 2 heterocycles. The summed E-state index contributed by atoms with van der Waals surface area (Å²) < 4.78 is 5.16. The molecule has 2 aliphatic heterocycles. The van der Waals surface area contributed by atoms with E-state index >= 15 is 0 Å². The molecule has 12 heavy (non-hydrogen) atoms. The number of hydrogen-bond donors (Lipinski definition) is 1. The Morgan fingerprint density at radius 3 is 2.58 bits per heavy atom. The van der Waals surface area contributed by atoms with Crippen molar-refractivity contribution in [3.05, 3.63) is 0 Å². The van der Waals surface area contributed by atoms with E-state index in [4.69, 9.17) is 4.74 Å². The Hall–Kier alpha value is -0.120. The van der Waals surface area contributed by atoms with Gasteiger partial charge in [-0.1, -0.05) is 13.8 Å². The van der Waals surface area contributed by atoms with Crippen molar-refractivity contribution in [1.82, 2.24) is 10.4 Å². The Labute approximate surface area is 74.0 Å². The molecule has 3 nitrogen and oxygen atoms in total. The lowest BCUT2D eigenvalue weighted by Crippen LogP contribution is -2.52. The molecule has 0 aromatic rings. The Balaban J connectivity index is 1.81. The van der Waals surface area contributed by atoms with Gasteiger partial charge in [0.2, 0.25) is 0 Å². The van der Waals surface area contributed by atoms with Crippen LogP contribution in [0.2, 0.25) is 0 Å². The van der Waals surface area contributed by atoms with Crippen molar-refractivity contribution in [2.45, 2.75) is 19.9 Å². The molecule has 0 aromatic heterocycles. The van der Waals surface area contributed by atoms with E-state index in [1.807, 2.05) is 0 Å². The van der Waals surface area contributed by atoms with Gasteiger partial charge < -0.3 is 4.74 Å². The van der Waals surface area contributed by atoms with Gasteiger partial charge in [0.1, 0.15) is 0 Å². The summed E-state index contributed by atoms with van der Waals surface area (Å²) in [5, 5.41) is 2.36. The first-order chi connectivity index (χ1) is 5.77. The second-order valence-electron chi connectivity index (χ2n) is 4.21. The van der Waals surface area contributed by atoms with Gasteiger partial charge in [0.25, 0.3) is 0 Å². The lowest BCUT2D eigenvalue weighted by atomic mass is 9.97. The highest BCUT2D eigenvalue weighted by Crippen LogP contribution is 2.20. The molecule has 0 saturated carbocycles. The normalized spacial score (nSPS) is 32.8. The van der Waals surface area contributed by atoms with Crippen LogP contribution >= 0.6 is 0 Å².